The van der Waals surface area contributed by atoms with E-state index in [1.165, 1.54) is 0 Å². The molecule has 0 fully saturated rings. The maximum atomic E-state index is 3.59. The molecule has 44 valence electrons. The normalized spacial score (nSPS) is 12.9. The summed E-state index contributed by atoms with van der Waals surface area (Å²) in [6.45, 7) is 4.41. The second-order valence-electron chi connectivity index (χ2n) is 1.70. The van der Waals surface area contributed by atoms with Gasteiger partial charge in [-0.3, -0.25) is 0 Å². The molecule has 0 atom stereocenters. The summed E-state index contributed by atoms with van der Waals surface area (Å²) in [5, 5.41) is 0. The van der Waals surface area contributed by atoms with Crippen LogP contribution in [0.2, 0.25) is 3.93 Å². The van der Waals surface area contributed by atoms with Gasteiger partial charge in [-0.25, -0.2) is 0 Å². The van der Waals surface area contributed by atoms with Gasteiger partial charge >= 0.3 is 67.6 Å². The first-order valence-corrected chi connectivity index (χ1v) is 22.9. The summed E-state index contributed by atoms with van der Waals surface area (Å²) >= 11 is 8.83. The quantitative estimate of drug-likeness (QED) is 0.590. The fraction of sp³-hybridized carbons (Fsp3) is 1.00. The molecule has 0 rings (SSSR count). The van der Waals surface area contributed by atoms with Crippen LogP contribution >= 0.6 is 38.1 Å². The Morgan fingerprint density at radius 3 is 1.29 bits per heavy atom. The molecular weight excluding hydrogens is 394 g/mol. The van der Waals surface area contributed by atoms with Gasteiger partial charge in [-0.15, -0.1) is 0 Å². The molecule has 0 saturated carbocycles. The van der Waals surface area contributed by atoms with Crippen molar-refractivity contribution in [2.75, 3.05) is 0 Å². The van der Waals surface area contributed by atoms with Crippen molar-refractivity contribution < 1.29 is 0 Å². The monoisotopic (exact) mass is 400 g/mol. The molecule has 0 aromatic rings. The van der Waals surface area contributed by atoms with E-state index in [1.807, 2.05) is 0 Å². The Labute approximate surface area is 66.6 Å². The molecule has 0 heterocycles. The molecule has 0 radical (unpaired) electrons. The van der Waals surface area contributed by atoms with Crippen molar-refractivity contribution >= 4 is 49.8 Å². The van der Waals surface area contributed by atoms with E-state index in [0.717, 1.165) is 3.93 Å². The molecule has 0 bridgehead atoms. The molecule has 4 heteroatoms. The minimum absolute atomic E-state index is 0.759. The van der Waals surface area contributed by atoms with Crippen molar-refractivity contribution in [3.05, 3.63) is 0 Å². The molecule has 0 spiro atoms. The van der Waals surface area contributed by atoms with Crippen LogP contribution < -0.4 is 0 Å². The van der Waals surface area contributed by atoms with Crippen molar-refractivity contribution in [1.29, 1.82) is 0 Å². The van der Waals surface area contributed by atoms with Crippen molar-refractivity contribution in [3.8, 4) is 0 Å². The summed E-state index contributed by atoms with van der Waals surface area (Å²) in [6.07, 6.45) is 0. The number of hydrogen-bond donors (Lipinski definition) is 0. The fourth-order valence-corrected chi connectivity index (χ4v) is 0. The predicted octanol–water partition coefficient (Wildman–Crippen LogP) is 3.52. The van der Waals surface area contributed by atoms with Gasteiger partial charge in [-0.2, -0.15) is 0 Å². The molecule has 0 nitrogen and oxygen atoms in total. The second-order valence-corrected chi connectivity index (χ2v) is 54.7. The molecule has 0 aliphatic heterocycles. The first-order chi connectivity index (χ1) is 2.94. The third-order valence-corrected chi connectivity index (χ3v) is 22.8. The van der Waals surface area contributed by atoms with Crippen molar-refractivity contribution in [2.45, 2.75) is 17.8 Å². The van der Waals surface area contributed by atoms with Crippen LogP contribution in [-0.4, -0.2) is 11.7 Å². The zero-order valence-electron chi connectivity index (χ0n) is 4.21. The van der Waals surface area contributed by atoms with E-state index in [1.54, 1.807) is 0 Å². The van der Waals surface area contributed by atoms with Crippen LogP contribution in [0, 0.1) is 0 Å². The SMILES string of the molecule is C[CH](C)[Sn]([Br])([Br])[Br]. The summed E-state index contributed by atoms with van der Waals surface area (Å²) in [5.74, 6) is 0. The Balaban J connectivity index is 3.54. The number of rotatable bonds is 1. The first kappa shape index (κ1) is 9.24. The van der Waals surface area contributed by atoms with E-state index in [2.05, 4.69) is 52.0 Å². The van der Waals surface area contributed by atoms with Gasteiger partial charge in [0.2, 0.25) is 0 Å². The van der Waals surface area contributed by atoms with Gasteiger partial charge in [0.05, 0.1) is 0 Å². The molecule has 0 aliphatic rings. The van der Waals surface area contributed by atoms with E-state index >= 15 is 0 Å². The average molecular weight is 402 g/mol. The predicted molar refractivity (Wildman–Crippen MR) is 47.6 cm³/mol. The van der Waals surface area contributed by atoms with Crippen molar-refractivity contribution in [2.24, 2.45) is 0 Å². The third kappa shape index (κ3) is 4.72. The standard InChI is InChI=1S/C3H7.3BrH.Sn/c1-3-2;;;;/h3H,1-2H3;3*1H;/q;;;;+3/p-3. The van der Waals surface area contributed by atoms with Crippen LogP contribution in [0.3, 0.4) is 0 Å². The molecule has 0 amide bonds. The maximum absolute atomic E-state index is 3.59. The van der Waals surface area contributed by atoms with Gasteiger partial charge < -0.3 is 0 Å². The Bertz CT molecular complexity index is 55.7. The number of hydrogen-bond acceptors (Lipinski definition) is 0. The van der Waals surface area contributed by atoms with Gasteiger partial charge in [-0.1, -0.05) is 0 Å². The van der Waals surface area contributed by atoms with Crippen LogP contribution in [-0.2, 0) is 0 Å². The summed E-state index contributed by atoms with van der Waals surface area (Å²) < 4.78 is 0.759. The van der Waals surface area contributed by atoms with Crippen LogP contribution in [0.15, 0.2) is 0 Å². The molecule has 0 saturated heterocycles. The molecular formula is C3H7Br3Sn. The first-order valence-electron chi connectivity index (χ1n) is 2.01. The van der Waals surface area contributed by atoms with Crippen molar-refractivity contribution in [3.63, 3.8) is 0 Å². The van der Waals surface area contributed by atoms with E-state index < -0.39 is 11.7 Å². The van der Waals surface area contributed by atoms with E-state index in [4.69, 9.17) is 0 Å². The Kier molecular flexibility index (Phi) is 4.51. The Hall–Kier alpha value is 2.24. The van der Waals surface area contributed by atoms with E-state index in [9.17, 15) is 0 Å². The summed E-state index contributed by atoms with van der Waals surface area (Å²) in [4.78, 5) is 0. The minimum atomic E-state index is -1.93. The van der Waals surface area contributed by atoms with Gasteiger partial charge in [0, 0.05) is 0 Å². The van der Waals surface area contributed by atoms with Gasteiger partial charge in [-0.05, 0) is 0 Å². The van der Waals surface area contributed by atoms with Crippen molar-refractivity contribution in [1.82, 2.24) is 0 Å². The zero-order valence-corrected chi connectivity index (χ0v) is 11.8. The summed E-state index contributed by atoms with van der Waals surface area (Å²) in [7, 11) is 0. The third-order valence-electron chi connectivity index (χ3n) is 0.655. The average Bonchev–Trinajstić information content (AvgIpc) is 1.31. The van der Waals surface area contributed by atoms with Crippen LogP contribution in [0.25, 0.3) is 0 Å². The molecule has 0 aliphatic carbocycles. The van der Waals surface area contributed by atoms with E-state index in [-0.39, 0.29) is 0 Å². The Morgan fingerprint density at radius 2 is 1.29 bits per heavy atom. The second kappa shape index (κ2) is 3.42. The molecule has 0 unspecified atom stereocenters. The van der Waals surface area contributed by atoms with E-state index in [0.29, 0.717) is 0 Å². The molecule has 0 aromatic heterocycles. The topological polar surface area (TPSA) is 0 Å². The Morgan fingerprint density at radius 1 is 1.14 bits per heavy atom. The molecule has 0 aromatic carbocycles. The van der Waals surface area contributed by atoms with Crippen LogP contribution in [0.4, 0.5) is 0 Å². The number of halogens is 3. The molecule has 7 heavy (non-hydrogen) atoms. The fourth-order valence-electron chi connectivity index (χ4n) is 0. The molecule has 0 N–H and O–H groups in total. The van der Waals surface area contributed by atoms with Gasteiger partial charge in [0.25, 0.3) is 0 Å². The van der Waals surface area contributed by atoms with Crippen LogP contribution in [0.1, 0.15) is 13.8 Å². The zero-order chi connectivity index (χ0) is 6.08. The van der Waals surface area contributed by atoms with Gasteiger partial charge in [0.1, 0.15) is 0 Å². The van der Waals surface area contributed by atoms with Gasteiger partial charge in [0.15, 0.2) is 0 Å². The summed E-state index contributed by atoms with van der Waals surface area (Å²) in [6, 6.07) is 0. The van der Waals surface area contributed by atoms with Crippen LogP contribution in [0.5, 0.6) is 0 Å². The summed E-state index contributed by atoms with van der Waals surface area (Å²) in [5.41, 5.74) is 0.